The average Bonchev–Trinajstić information content (AvgIpc) is 2.12. The summed E-state index contributed by atoms with van der Waals surface area (Å²) in [6, 6.07) is 4.74. The number of rotatable bonds is 4. The van der Waals surface area contributed by atoms with E-state index in [9.17, 15) is 9.18 Å². The predicted octanol–water partition coefficient (Wildman–Crippen LogP) is 2.89. The molecule has 0 unspecified atom stereocenters. The second kappa shape index (κ2) is 4.96. The Kier molecular flexibility index (Phi) is 3.89. The van der Waals surface area contributed by atoms with Gasteiger partial charge < -0.3 is 5.11 Å². The zero-order valence-electron chi connectivity index (χ0n) is 7.46. The van der Waals surface area contributed by atoms with Gasteiger partial charge in [0.1, 0.15) is 5.82 Å². The lowest BCUT2D eigenvalue weighted by molar-refractivity contribution is -0.137. The Bertz CT molecular complexity index is 339. The van der Waals surface area contributed by atoms with E-state index in [1.807, 2.05) is 0 Å². The molecule has 0 heterocycles. The van der Waals surface area contributed by atoms with Crippen molar-refractivity contribution in [1.29, 1.82) is 0 Å². The molecule has 0 spiro atoms. The van der Waals surface area contributed by atoms with Crippen LogP contribution in [0.15, 0.2) is 18.2 Å². The molecular formula is C10H10ClFO2. The first-order valence-electron chi connectivity index (χ1n) is 4.26. The molecule has 0 bridgehead atoms. The molecule has 0 radical (unpaired) electrons. The second-order valence-electron chi connectivity index (χ2n) is 2.96. The highest BCUT2D eigenvalue weighted by Gasteiger charge is 2.06. The molecule has 76 valence electrons. The van der Waals surface area contributed by atoms with E-state index in [1.54, 1.807) is 12.1 Å². The molecular weight excluding hydrogens is 207 g/mol. The van der Waals surface area contributed by atoms with Gasteiger partial charge in [0.25, 0.3) is 0 Å². The van der Waals surface area contributed by atoms with E-state index in [2.05, 4.69) is 0 Å². The maximum Gasteiger partial charge on any atom is 0.303 e. The second-order valence-corrected chi connectivity index (χ2v) is 3.37. The molecule has 0 saturated heterocycles. The molecule has 0 saturated carbocycles. The van der Waals surface area contributed by atoms with Gasteiger partial charge in [-0.3, -0.25) is 4.79 Å². The Balaban J connectivity index is 2.59. The number of carboxylic acid groups (broad SMARTS) is 1. The van der Waals surface area contributed by atoms with Gasteiger partial charge in [-0.2, -0.15) is 0 Å². The molecule has 0 aliphatic heterocycles. The van der Waals surface area contributed by atoms with E-state index >= 15 is 0 Å². The van der Waals surface area contributed by atoms with Gasteiger partial charge in [-0.25, -0.2) is 4.39 Å². The van der Waals surface area contributed by atoms with Gasteiger partial charge in [0.05, 0.1) is 5.02 Å². The highest BCUT2D eigenvalue weighted by Crippen LogP contribution is 2.19. The van der Waals surface area contributed by atoms with Crippen molar-refractivity contribution in [2.45, 2.75) is 19.3 Å². The van der Waals surface area contributed by atoms with Gasteiger partial charge in [0, 0.05) is 6.42 Å². The molecule has 0 aromatic heterocycles. The molecule has 4 heteroatoms. The molecule has 1 rings (SSSR count). The summed E-state index contributed by atoms with van der Waals surface area (Å²) < 4.78 is 13.2. The van der Waals surface area contributed by atoms with Crippen molar-refractivity contribution < 1.29 is 14.3 Å². The Morgan fingerprint density at radius 2 is 2.21 bits per heavy atom. The van der Waals surface area contributed by atoms with Gasteiger partial charge >= 0.3 is 5.97 Å². The van der Waals surface area contributed by atoms with Gasteiger partial charge in [0.15, 0.2) is 0 Å². The van der Waals surface area contributed by atoms with Crippen LogP contribution in [0.2, 0.25) is 5.02 Å². The smallest absolute Gasteiger partial charge is 0.303 e. The number of carboxylic acids is 1. The van der Waals surface area contributed by atoms with Crippen molar-refractivity contribution in [2.75, 3.05) is 0 Å². The minimum Gasteiger partial charge on any atom is -0.481 e. The van der Waals surface area contributed by atoms with E-state index in [1.165, 1.54) is 6.07 Å². The Labute approximate surface area is 86.3 Å². The Morgan fingerprint density at radius 3 is 2.86 bits per heavy atom. The van der Waals surface area contributed by atoms with Crippen LogP contribution in [0.3, 0.4) is 0 Å². The summed E-state index contributed by atoms with van der Waals surface area (Å²) in [7, 11) is 0. The third-order valence-corrected chi connectivity index (χ3v) is 2.16. The monoisotopic (exact) mass is 216 g/mol. The van der Waals surface area contributed by atoms with Crippen LogP contribution in [0.4, 0.5) is 4.39 Å². The van der Waals surface area contributed by atoms with Crippen LogP contribution in [0.25, 0.3) is 0 Å². The molecule has 0 atom stereocenters. The van der Waals surface area contributed by atoms with Gasteiger partial charge in [-0.15, -0.1) is 0 Å². The highest BCUT2D eigenvalue weighted by molar-refractivity contribution is 6.30. The summed E-state index contributed by atoms with van der Waals surface area (Å²) in [5.74, 6) is -1.31. The third kappa shape index (κ3) is 3.00. The van der Waals surface area contributed by atoms with Gasteiger partial charge in [-0.1, -0.05) is 23.7 Å². The minimum absolute atomic E-state index is 0.0476. The van der Waals surface area contributed by atoms with Crippen LogP contribution in [0.5, 0.6) is 0 Å². The van der Waals surface area contributed by atoms with Crippen molar-refractivity contribution in [3.63, 3.8) is 0 Å². The zero-order valence-corrected chi connectivity index (χ0v) is 8.22. The maximum atomic E-state index is 13.2. The van der Waals surface area contributed by atoms with E-state index in [0.717, 1.165) is 0 Å². The fourth-order valence-corrected chi connectivity index (χ4v) is 1.37. The standard InChI is InChI=1S/C10H10ClFO2/c11-8-5-1-3-7(10(8)12)4-2-6-9(13)14/h1,3,5H,2,4,6H2,(H,13,14). The number of hydrogen-bond donors (Lipinski definition) is 1. The first-order valence-corrected chi connectivity index (χ1v) is 4.63. The lowest BCUT2D eigenvalue weighted by Crippen LogP contribution is -1.97. The molecule has 0 fully saturated rings. The predicted molar refractivity (Wildman–Crippen MR) is 52.0 cm³/mol. The molecule has 0 aliphatic carbocycles. The zero-order chi connectivity index (χ0) is 10.6. The van der Waals surface area contributed by atoms with Crippen LogP contribution in [-0.4, -0.2) is 11.1 Å². The summed E-state index contributed by atoms with van der Waals surface area (Å²) in [6.07, 6.45) is 0.872. The molecule has 1 N–H and O–H groups in total. The molecule has 0 aliphatic rings. The normalized spacial score (nSPS) is 10.1. The van der Waals surface area contributed by atoms with Gasteiger partial charge in [-0.05, 0) is 24.5 Å². The SMILES string of the molecule is O=C(O)CCCc1cccc(Cl)c1F. The molecule has 14 heavy (non-hydrogen) atoms. The number of carbonyl (C=O) groups is 1. The topological polar surface area (TPSA) is 37.3 Å². The van der Waals surface area contributed by atoms with Crippen molar-refractivity contribution in [2.24, 2.45) is 0 Å². The fraction of sp³-hybridized carbons (Fsp3) is 0.300. The van der Waals surface area contributed by atoms with Crippen LogP contribution < -0.4 is 0 Å². The van der Waals surface area contributed by atoms with Gasteiger partial charge in [0.2, 0.25) is 0 Å². The lowest BCUT2D eigenvalue weighted by atomic mass is 10.1. The van der Waals surface area contributed by atoms with Crippen LogP contribution in [0.1, 0.15) is 18.4 Å². The quantitative estimate of drug-likeness (QED) is 0.840. The lowest BCUT2D eigenvalue weighted by Gasteiger charge is -2.02. The molecule has 1 aromatic carbocycles. The Morgan fingerprint density at radius 1 is 1.50 bits per heavy atom. The molecule has 0 amide bonds. The fourth-order valence-electron chi connectivity index (χ4n) is 1.17. The maximum absolute atomic E-state index is 13.2. The van der Waals surface area contributed by atoms with Crippen LogP contribution in [-0.2, 0) is 11.2 Å². The van der Waals surface area contributed by atoms with Crippen molar-refractivity contribution in [3.8, 4) is 0 Å². The highest BCUT2D eigenvalue weighted by atomic mass is 35.5. The summed E-state index contributed by atoms with van der Waals surface area (Å²) in [4.78, 5) is 10.2. The summed E-state index contributed by atoms with van der Waals surface area (Å²) in [5.41, 5.74) is 0.471. The largest absolute Gasteiger partial charge is 0.481 e. The van der Waals surface area contributed by atoms with Crippen LogP contribution >= 0.6 is 11.6 Å². The van der Waals surface area contributed by atoms with Crippen molar-refractivity contribution in [3.05, 3.63) is 34.6 Å². The Hall–Kier alpha value is -1.09. The number of aliphatic carboxylic acids is 1. The number of benzene rings is 1. The summed E-state index contributed by atoms with van der Waals surface area (Å²) >= 11 is 5.56. The number of hydrogen-bond acceptors (Lipinski definition) is 1. The van der Waals surface area contributed by atoms with Crippen LogP contribution in [0, 0.1) is 5.82 Å². The van der Waals surface area contributed by atoms with E-state index in [-0.39, 0.29) is 11.4 Å². The van der Waals surface area contributed by atoms with Crippen molar-refractivity contribution >= 4 is 17.6 Å². The average molecular weight is 217 g/mol. The minimum atomic E-state index is -0.868. The first kappa shape index (κ1) is 11.0. The first-order chi connectivity index (χ1) is 6.61. The molecule has 1 aromatic rings. The van der Waals surface area contributed by atoms with E-state index < -0.39 is 11.8 Å². The molecule has 2 nitrogen and oxygen atoms in total. The van der Waals surface area contributed by atoms with Crippen molar-refractivity contribution in [1.82, 2.24) is 0 Å². The third-order valence-electron chi connectivity index (χ3n) is 1.87. The summed E-state index contributed by atoms with van der Waals surface area (Å²) in [6.45, 7) is 0. The summed E-state index contributed by atoms with van der Waals surface area (Å²) in [5, 5.41) is 8.48. The van der Waals surface area contributed by atoms with E-state index in [0.29, 0.717) is 18.4 Å². The van der Waals surface area contributed by atoms with E-state index in [4.69, 9.17) is 16.7 Å². The number of aryl methyl sites for hydroxylation is 1. The number of halogens is 2.